The molecule has 0 aliphatic rings. The van der Waals surface area contributed by atoms with Gasteiger partial charge in [0.05, 0.1) is 22.3 Å². The van der Waals surface area contributed by atoms with Gasteiger partial charge in [0, 0.05) is 13.2 Å². The first-order valence-electron chi connectivity index (χ1n) is 5.76. The summed E-state index contributed by atoms with van der Waals surface area (Å²) in [5, 5.41) is 8.85. The van der Waals surface area contributed by atoms with Crippen LogP contribution in [0, 0.1) is 5.82 Å². The van der Waals surface area contributed by atoms with Gasteiger partial charge in [-0.3, -0.25) is 9.29 Å². The summed E-state index contributed by atoms with van der Waals surface area (Å²) in [6.45, 7) is 0. The fourth-order valence-corrected chi connectivity index (χ4v) is 2.87. The van der Waals surface area contributed by atoms with E-state index in [1.54, 1.807) is 6.07 Å². The van der Waals surface area contributed by atoms with Gasteiger partial charge in [-0.15, -0.1) is 0 Å². The highest BCUT2D eigenvalue weighted by Gasteiger charge is 2.24. The molecule has 0 unspecified atom stereocenters. The molecule has 0 spiro atoms. The molecule has 6 nitrogen and oxygen atoms in total. The molecule has 1 aromatic heterocycles. The van der Waals surface area contributed by atoms with E-state index >= 15 is 0 Å². The zero-order valence-electron chi connectivity index (χ0n) is 10.9. The lowest BCUT2D eigenvalue weighted by Crippen LogP contribution is -2.27. The molecular formula is C13H11FN2O4S. The molecule has 0 aliphatic carbocycles. The van der Waals surface area contributed by atoms with E-state index in [-0.39, 0.29) is 4.90 Å². The van der Waals surface area contributed by atoms with E-state index < -0.39 is 27.4 Å². The summed E-state index contributed by atoms with van der Waals surface area (Å²) in [6.07, 6.45) is 2.84. The first-order valence-corrected chi connectivity index (χ1v) is 7.20. The SMILES string of the molecule is CN(c1cccnc1)S(=O)(=O)c1ccc(F)c(C(=O)O)c1. The summed E-state index contributed by atoms with van der Waals surface area (Å²) in [7, 11) is -2.70. The molecule has 1 aromatic carbocycles. The number of halogens is 1. The van der Waals surface area contributed by atoms with E-state index in [2.05, 4.69) is 4.98 Å². The lowest BCUT2D eigenvalue weighted by Gasteiger charge is -2.19. The Bertz CT molecular complexity index is 778. The maximum Gasteiger partial charge on any atom is 0.338 e. The van der Waals surface area contributed by atoms with Crippen LogP contribution in [0.4, 0.5) is 10.1 Å². The molecule has 0 atom stereocenters. The van der Waals surface area contributed by atoms with Gasteiger partial charge in [-0.05, 0) is 30.3 Å². The summed E-state index contributed by atoms with van der Waals surface area (Å²) in [6, 6.07) is 5.72. The lowest BCUT2D eigenvalue weighted by molar-refractivity contribution is 0.0691. The first kappa shape index (κ1) is 14.9. The van der Waals surface area contributed by atoms with Gasteiger partial charge in [0.1, 0.15) is 5.82 Å². The lowest BCUT2D eigenvalue weighted by atomic mass is 10.2. The summed E-state index contributed by atoms with van der Waals surface area (Å²) in [5.74, 6) is -2.53. The fraction of sp³-hybridized carbons (Fsp3) is 0.0769. The number of rotatable bonds is 4. The molecule has 1 N–H and O–H groups in total. The molecule has 0 fully saturated rings. The average Bonchev–Trinajstić information content (AvgIpc) is 2.47. The van der Waals surface area contributed by atoms with Crippen LogP contribution in [0.5, 0.6) is 0 Å². The number of benzene rings is 1. The van der Waals surface area contributed by atoms with E-state index in [1.807, 2.05) is 0 Å². The Morgan fingerprint density at radius 1 is 1.33 bits per heavy atom. The minimum atomic E-state index is -4.00. The molecule has 21 heavy (non-hydrogen) atoms. The minimum absolute atomic E-state index is 0.304. The predicted octanol–water partition coefficient (Wildman–Crippen LogP) is 1.74. The number of carboxylic acids is 1. The number of hydrogen-bond donors (Lipinski definition) is 1. The normalized spacial score (nSPS) is 11.1. The van der Waals surface area contributed by atoms with Crippen molar-refractivity contribution in [2.24, 2.45) is 0 Å². The largest absolute Gasteiger partial charge is 0.478 e. The van der Waals surface area contributed by atoms with Crippen LogP contribution in [0.1, 0.15) is 10.4 Å². The standard InChI is InChI=1S/C13H11FN2O4S/c1-16(9-3-2-6-15-8-9)21(19,20)10-4-5-12(14)11(7-10)13(17)18/h2-8H,1H3,(H,17,18). The van der Waals surface area contributed by atoms with Crippen LogP contribution < -0.4 is 4.31 Å². The van der Waals surface area contributed by atoms with Gasteiger partial charge in [0.2, 0.25) is 0 Å². The Morgan fingerprint density at radius 3 is 2.62 bits per heavy atom. The summed E-state index contributed by atoms with van der Waals surface area (Å²) in [4.78, 5) is 14.4. The number of nitrogens with zero attached hydrogens (tertiary/aromatic N) is 2. The number of pyridine rings is 1. The van der Waals surface area contributed by atoms with Crippen molar-refractivity contribution in [3.63, 3.8) is 0 Å². The van der Waals surface area contributed by atoms with Crippen molar-refractivity contribution in [3.05, 3.63) is 54.1 Å². The van der Waals surface area contributed by atoms with E-state index in [4.69, 9.17) is 5.11 Å². The zero-order chi connectivity index (χ0) is 15.6. The van der Waals surface area contributed by atoms with Crippen LogP contribution in [-0.2, 0) is 10.0 Å². The monoisotopic (exact) mass is 310 g/mol. The second-order valence-corrected chi connectivity index (χ2v) is 6.10. The Kier molecular flexibility index (Phi) is 3.90. The summed E-state index contributed by atoms with van der Waals surface area (Å²) >= 11 is 0. The first-order chi connectivity index (χ1) is 9.84. The van der Waals surface area contributed by atoms with E-state index in [9.17, 15) is 17.6 Å². The molecule has 2 aromatic rings. The van der Waals surface area contributed by atoms with E-state index in [1.165, 1.54) is 25.5 Å². The maximum atomic E-state index is 13.3. The number of aromatic nitrogens is 1. The number of anilines is 1. The van der Waals surface area contributed by atoms with Gasteiger partial charge in [0.15, 0.2) is 0 Å². The summed E-state index contributed by atoms with van der Waals surface area (Å²) < 4.78 is 39.1. The second-order valence-electron chi connectivity index (χ2n) is 4.13. The molecule has 0 bridgehead atoms. The maximum absolute atomic E-state index is 13.3. The van der Waals surface area contributed by atoms with Crippen LogP contribution >= 0.6 is 0 Å². The van der Waals surface area contributed by atoms with Crippen molar-refractivity contribution < 1.29 is 22.7 Å². The van der Waals surface area contributed by atoms with Crippen LogP contribution in [-0.4, -0.2) is 31.5 Å². The van der Waals surface area contributed by atoms with E-state index in [0.717, 1.165) is 22.5 Å². The van der Waals surface area contributed by atoms with Crippen molar-refractivity contribution >= 4 is 21.7 Å². The quantitative estimate of drug-likeness (QED) is 0.929. The molecular weight excluding hydrogens is 299 g/mol. The van der Waals surface area contributed by atoms with Crippen LogP contribution in [0.3, 0.4) is 0 Å². The molecule has 0 amide bonds. The molecule has 110 valence electrons. The summed E-state index contributed by atoms with van der Waals surface area (Å²) in [5.41, 5.74) is -0.394. The van der Waals surface area contributed by atoms with Crippen molar-refractivity contribution in [1.29, 1.82) is 0 Å². The number of carbonyl (C=O) groups is 1. The topological polar surface area (TPSA) is 87.6 Å². The Balaban J connectivity index is 2.50. The van der Waals surface area contributed by atoms with Gasteiger partial charge < -0.3 is 5.11 Å². The van der Waals surface area contributed by atoms with Crippen molar-refractivity contribution in [2.75, 3.05) is 11.4 Å². The van der Waals surface area contributed by atoms with Crippen molar-refractivity contribution in [2.45, 2.75) is 4.90 Å². The molecule has 2 rings (SSSR count). The van der Waals surface area contributed by atoms with Crippen LogP contribution in [0.2, 0.25) is 0 Å². The third kappa shape index (κ3) is 2.84. The van der Waals surface area contributed by atoms with Gasteiger partial charge in [-0.1, -0.05) is 0 Å². The molecule has 0 radical (unpaired) electrons. The highest BCUT2D eigenvalue weighted by atomic mass is 32.2. The molecule has 1 heterocycles. The zero-order valence-corrected chi connectivity index (χ0v) is 11.7. The van der Waals surface area contributed by atoms with Gasteiger partial charge in [-0.25, -0.2) is 17.6 Å². The molecule has 8 heteroatoms. The number of carboxylic acid groups (broad SMARTS) is 1. The second kappa shape index (κ2) is 5.49. The number of aromatic carboxylic acids is 1. The van der Waals surface area contributed by atoms with Gasteiger partial charge in [-0.2, -0.15) is 0 Å². The Hall–Kier alpha value is -2.48. The third-order valence-electron chi connectivity index (χ3n) is 2.84. The predicted molar refractivity (Wildman–Crippen MR) is 73.2 cm³/mol. The molecule has 0 aliphatic heterocycles. The number of sulfonamides is 1. The smallest absolute Gasteiger partial charge is 0.338 e. The fourth-order valence-electron chi connectivity index (χ4n) is 1.67. The van der Waals surface area contributed by atoms with Gasteiger partial charge >= 0.3 is 5.97 Å². The van der Waals surface area contributed by atoms with Crippen molar-refractivity contribution in [1.82, 2.24) is 4.98 Å². The molecule has 0 saturated carbocycles. The van der Waals surface area contributed by atoms with Gasteiger partial charge in [0.25, 0.3) is 10.0 Å². The third-order valence-corrected chi connectivity index (χ3v) is 4.62. The Morgan fingerprint density at radius 2 is 2.05 bits per heavy atom. The van der Waals surface area contributed by atoms with E-state index in [0.29, 0.717) is 5.69 Å². The number of hydrogen-bond acceptors (Lipinski definition) is 4. The highest BCUT2D eigenvalue weighted by Crippen LogP contribution is 2.22. The highest BCUT2D eigenvalue weighted by molar-refractivity contribution is 7.92. The average molecular weight is 310 g/mol. The van der Waals surface area contributed by atoms with Crippen LogP contribution in [0.25, 0.3) is 0 Å². The van der Waals surface area contributed by atoms with Crippen molar-refractivity contribution in [3.8, 4) is 0 Å². The molecule has 0 saturated heterocycles. The van der Waals surface area contributed by atoms with Crippen LogP contribution in [0.15, 0.2) is 47.6 Å². The Labute approximate surface area is 120 Å². The minimum Gasteiger partial charge on any atom is -0.478 e.